The Hall–Kier alpha value is -1.49. The quantitative estimate of drug-likeness (QED) is 0.174. The Kier molecular flexibility index (Phi) is 13.0. The fourth-order valence-corrected chi connectivity index (χ4v) is 2.77. The second-order valence-corrected chi connectivity index (χ2v) is 6.14. The van der Waals surface area contributed by atoms with Crippen LogP contribution in [0.3, 0.4) is 0 Å². The average molecular weight is 358 g/mol. The topological polar surface area (TPSA) is 80.3 Å². The molecular weight excluding hydrogens is 331 g/mol. The molecule has 0 bridgehead atoms. The van der Waals surface area contributed by atoms with Gasteiger partial charge < -0.3 is 20.8 Å². The molecule has 0 saturated heterocycles. The summed E-state index contributed by atoms with van der Waals surface area (Å²) in [6.45, 7) is 9.77. The maximum atomic E-state index is 11.4. The molecule has 0 aliphatic carbocycles. The monoisotopic (exact) mass is 358 g/mol. The molecule has 0 aliphatic rings. The second kappa shape index (κ2) is 13.9. The van der Waals surface area contributed by atoms with Crippen LogP contribution in [0.25, 0.3) is 0 Å². The lowest BCUT2D eigenvalue weighted by molar-refractivity contribution is -0.138. The van der Waals surface area contributed by atoms with Gasteiger partial charge in [-0.2, -0.15) is 0 Å². The van der Waals surface area contributed by atoms with Crippen molar-refractivity contribution in [3.63, 3.8) is 0 Å². The predicted molar refractivity (Wildman–Crippen MR) is 89.6 cm³/mol. The smallest absolute Gasteiger partial charge is 0.591 e. The van der Waals surface area contributed by atoms with Gasteiger partial charge in [0.2, 0.25) is 0 Å². The summed E-state index contributed by atoms with van der Waals surface area (Å²) in [4.78, 5) is 22.8. The minimum absolute atomic E-state index is 0.286. The number of ether oxygens (including phenoxy) is 2. The van der Waals surface area contributed by atoms with Gasteiger partial charge in [0.1, 0.15) is 0 Å². The molecule has 0 atom stereocenters. The Morgan fingerprint density at radius 3 is 1.71 bits per heavy atom. The van der Waals surface area contributed by atoms with E-state index in [1.54, 1.807) is 27.7 Å². The van der Waals surface area contributed by atoms with Gasteiger partial charge in [-0.25, -0.2) is 9.59 Å². The number of rotatable bonds is 12. The molecule has 0 N–H and O–H groups in total. The number of esters is 2. The van der Waals surface area contributed by atoms with Gasteiger partial charge in [-0.15, -0.1) is 0 Å². The van der Waals surface area contributed by atoms with Crippen molar-refractivity contribution in [2.45, 2.75) is 47.5 Å². The van der Waals surface area contributed by atoms with Crippen LogP contribution in [0.5, 0.6) is 0 Å². The van der Waals surface area contributed by atoms with E-state index < -0.39 is 27.1 Å². The van der Waals surface area contributed by atoms with Crippen LogP contribution in [-0.4, -0.2) is 46.9 Å². The molecule has 0 amide bonds. The molecule has 0 aromatic carbocycles. The summed E-state index contributed by atoms with van der Waals surface area (Å²) in [6, 6.07) is 0. The molecule has 0 aromatic rings. The minimum Gasteiger partial charge on any atom is -0.591 e. The van der Waals surface area contributed by atoms with Gasteiger partial charge in [0.15, 0.2) is 0 Å². The van der Waals surface area contributed by atoms with Crippen LogP contribution in [0.1, 0.15) is 47.5 Å². The van der Waals surface area contributed by atoms with Gasteiger partial charge in [-0.05, 0) is 34.1 Å². The third kappa shape index (κ3) is 12.0. The molecule has 0 radical (unpaired) electrons. The van der Waals surface area contributed by atoms with Crippen LogP contribution < -0.4 is 0 Å². The van der Waals surface area contributed by atoms with E-state index in [4.69, 9.17) is 20.8 Å². The highest BCUT2D eigenvalue weighted by atomic mass is 27.3. The van der Waals surface area contributed by atoms with Gasteiger partial charge in [0.05, 0.1) is 36.9 Å². The zero-order valence-electron chi connectivity index (χ0n) is 15.1. The van der Waals surface area contributed by atoms with E-state index in [2.05, 4.69) is 0 Å². The van der Waals surface area contributed by atoms with Crippen LogP contribution >= 0.6 is 0 Å². The maximum Gasteiger partial charge on any atom is 1.10 e. The Morgan fingerprint density at radius 2 is 1.33 bits per heavy atom. The molecule has 0 saturated carbocycles. The molecule has 0 fully saturated rings. The molecule has 7 nitrogen and oxygen atoms in total. The van der Waals surface area contributed by atoms with E-state index in [-0.39, 0.29) is 13.2 Å². The number of carbonyl (C=O) groups excluding carboxylic acids is 2. The number of unbranched alkanes of at least 4 members (excludes halogenated alkanes) is 1. The molecule has 0 spiro atoms. The molecule has 0 aliphatic heterocycles. The first-order valence-corrected chi connectivity index (χ1v) is 9.49. The van der Waals surface area contributed by atoms with E-state index >= 15 is 0 Å². The molecule has 0 aromatic heterocycles. The highest BCUT2D eigenvalue weighted by Gasteiger charge is 2.39. The Bertz CT molecular complexity index is 410. The van der Waals surface area contributed by atoms with E-state index in [0.717, 1.165) is 12.8 Å². The van der Waals surface area contributed by atoms with Gasteiger partial charge >= 0.3 is 27.1 Å². The van der Waals surface area contributed by atoms with Crippen LogP contribution in [0.15, 0.2) is 23.7 Å². The molecule has 24 heavy (non-hydrogen) atoms. The highest BCUT2D eigenvalue weighted by molar-refractivity contribution is 6.37. The van der Waals surface area contributed by atoms with Crippen molar-refractivity contribution >= 4 is 27.1 Å². The van der Waals surface area contributed by atoms with E-state index in [0.29, 0.717) is 18.1 Å². The number of carbonyl (C=O) groups is 2. The van der Waals surface area contributed by atoms with Crippen LogP contribution in [0.2, 0.25) is 0 Å². The van der Waals surface area contributed by atoms with Crippen molar-refractivity contribution in [3.8, 4) is 0 Å². The molecule has 0 rings (SSSR count). The standard InChI is InChI=1S/2C6H10O3.C4H9O.Al/c2*1-3-9-6(8)4-5(2)7;1-2-3-4-5;/h2*4,7H,3H2,1-2H3;2-4H2,1H3;/q;;-1;+3/p-2/b2*5-4+;;. The van der Waals surface area contributed by atoms with E-state index in [1.807, 2.05) is 6.92 Å². The van der Waals surface area contributed by atoms with E-state index in [1.165, 1.54) is 12.2 Å². The third-order valence-corrected chi connectivity index (χ3v) is 4.17. The largest absolute Gasteiger partial charge is 1.10 e. The van der Waals surface area contributed by atoms with Crippen LogP contribution in [0.4, 0.5) is 0 Å². The third-order valence-electron chi connectivity index (χ3n) is 2.53. The summed E-state index contributed by atoms with van der Waals surface area (Å²) in [5, 5.41) is 0. The predicted octanol–water partition coefficient (Wildman–Crippen LogP) is 2.76. The Labute approximate surface area is 148 Å². The molecule has 0 unspecified atom stereocenters. The molecule has 0 heterocycles. The van der Waals surface area contributed by atoms with Crippen molar-refractivity contribution < 1.29 is 30.4 Å². The second-order valence-electron chi connectivity index (χ2n) is 4.76. The van der Waals surface area contributed by atoms with Crippen molar-refractivity contribution in [2.24, 2.45) is 0 Å². The summed E-state index contributed by atoms with van der Waals surface area (Å²) < 4.78 is 26.4. The first-order valence-electron chi connectivity index (χ1n) is 8.07. The Morgan fingerprint density at radius 1 is 0.875 bits per heavy atom. The van der Waals surface area contributed by atoms with E-state index in [9.17, 15) is 9.59 Å². The zero-order chi connectivity index (χ0) is 18.4. The van der Waals surface area contributed by atoms with Gasteiger partial charge in [-0.3, -0.25) is 0 Å². The van der Waals surface area contributed by atoms with Crippen LogP contribution in [0, 0.1) is 0 Å². The average Bonchev–Trinajstić information content (AvgIpc) is 2.47. The first-order chi connectivity index (χ1) is 11.4. The highest BCUT2D eigenvalue weighted by Crippen LogP contribution is 2.08. The summed E-state index contributed by atoms with van der Waals surface area (Å²) >= 11 is -2.59. The summed E-state index contributed by atoms with van der Waals surface area (Å²) in [5.41, 5.74) is 0. The minimum atomic E-state index is -2.59. The fraction of sp³-hybridized carbons (Fsp3) is 0.625. The van der Waals surface area contributed by atoms with Crippen molar-refractivity contribution in [1.82, 2.24) is 0 Å². The Balaban J connectivity index is 4.78. The summed E-state index contributed by atoms with van der Waals surface area (Å²) in [5.74, 6) is -0.304. The lowest BCUT2D eigenvalue weighted by atomic mass is 10.4. The lowest BCUT2D eigenvalue weighted by Gasteiger charge is -2.16. The SMILES string of the molecule is CCCC[O][Al]([O]/C(C)=C/C(=O)OCC)[O]/C(C)=C/C(=O)OCC. The number of allylic oxidation sites excluding steroid dienone is 2. The molecule has 136 valence electrons. The van der Waals surface area contributed by atoms with Crippen molar-refractivity contribution in [3.05, 3.63) is 23.7 Å². The number of hydrogen-bond acceptors (Lipinski definition) is 7. The fourth-order valence-electron chi connectivity index (χ4n) is 1.49. The molecule has 8 heteroatoms. The van der Waals surface area contributed by atoms with Crippen LogP contribution in [-0.2, 0) is 30.4 Å². The number of hydrogen-bond donors (Lipinski definition) is 0. The zero-order valence-corrected chi connectivity index (χ0v) is 16.3. The van der Waals surface area contributed by atoms with Crippen molar-refractivity contribution in [1.29, 1.82) is 0 Å². The van der Waals surface area contributed by atoms with Gasteiger partial charge in [0.25, 0.3) is 0 Å². The van der Waals surface area contributed by atoms with Crippen molar-refractivity contribution in [2.75, 3.05) is 19.8 Å². The molecular formula is C16H27AlO7. The maximum absolute atomic E-state index is 11.4. The van der Waals surface area contributed by atoms with Gasteiger partial charge in [-0.1, -0.05) is 13.3 Å². The lowest BCUT2D eigenvalue weighted by Crippen LogP contribution is -2.27. The normalized spacial score (nSPS) is 11.7. The summed E-state index contributed by atoms with van der Waals surface area (Å²) in [6.07, 6.45) is 4.30. The van der Waals surface area contributed by atoms with Gasteiger partial charge in [0, 0.05) is 6.61 Å². The first kappa shape index (κ1) is 22.5. The summed E-state index contributed by atoms with van der Waals surface area (Å²) in [7, 11) is 0.